The van der Waals surface area contributed by atoms with Crippen molar-refractivity contribution in [2.75, 3.05) is 5.32 Å². The lowest BCUT2D eigenvalue weighted by Gasteiger charge is -2.21. The highest BCUT2D eigenvalue weighted by molar-refractivity contribution is 6.31. The topological polar surface area (TPSA) is 93.2 Å². The summed E-state index contributed by atoms with van der Waals surface area (Å²) < 4.78 is 20.5. The van der Waals surface area contributed by atoms with Crippen LogP contribution in [0.1, 0.15) is 53.7 Å². The standard InChI is InChI=1S/C22H22ClFN4O3/c1-28-11-26-18(19(28)20(29)27-15-2-3-17(24)16(23)8-15)12-6-13-9-22(30,10-14(13)7-12)21-25-4-5-31-21/h2-5,8,11-14,30H,6-7,9-10H2,1H3,(H,27,29). The molecule has 5 rings (SSSR count). The first-order valence-electron chi connectivity index (χ1n) is 10.2. The van der Waals surface area contributed by atoms with Gasteiger partial charge < -0.3 is 19.4 Å². The van der Waals surface area contributed by atoms with Gasteiger partial charge in [0.05, 0.1) is 23.2 Å². The number of hydrogen-bond donors (Lipinski definition) is 2. The Kier molecular flexibility index (Phi) is 4.86. The number of aromatic nitrogens is 3. The molecule has 2 aliphatic carbocycles. The molecule has 2 fully saturated rings. The van der Waals surface area contributed by atoms with Crippen molar-refractivity contribution in [3.63, 3.8) is 0 Å². The highest BCUT2D eigenvalue weighted by Gasteiger charge is 2.52. The quantitative estimate of drug-likeness (QED) is 0.627. The maximum absolute atomic E-state index is 13.4. The second-order valence-corrected chi connectivity index (χ2v) is 9.05. The van der Waals surface area contributed by atoms with Gasteiger partial charge in [-0.3, -0.25) is 4.79 Å². The molecule has 3 aromatic rings. The molecule has 2 atom stereocenters. The van der Waals surface area contributed by atoms with Crippen molar-refractivity contribution < 1.29 is 18.7 Å². The summed E-state index contributed by atoms with van der Waals surface area (Å²) in [5.41, 5.74) is 0.634. The van der Waals surface area contributed by atoms with Crippen LogP contribution in [0.25, 0.3) is 0 Å². The molecule has 2 saturated carbocycles. The summed E-state index contributed by atoms with van der Waals surface area (Å²) in [6, 6.07) is 4.07. The van der Waals surface area contributed by atoms with Gasteiger partial charge in [0.1, 0.15) is 23.4 Å². The van der Waals surface area contributed by atoms with Crippen LogP contribution in [0, 0.1) is 17.7 Å². The molecule has 0 spiro atoms. The Balaban J connectivity index is 1.33. The summed E-state index contributed by atoms with van der Waals surface area (Å²) in [5.74, 6) is 0.290. The van der Waals surface area contributed by atoms with E-state index in [4.69, 9.17) is 16.0 Å². The van der Waals surface area contributed by atoms with E-state index in [1.807, 2.05) is 0 Å². The highest BCUT2D eigenvalue weighted by atomic mass is 35.5. The van der Waals surface area contributed by atoms with E-state index in [1.165, 1.54) is 24.5 Å². The number of nitrogens with zero attached hydrogens (tertiary/aromatic N) is 3. The number of imidazole rings is 1. The summed E-state index contributed by atoms with van der Waals surface area (Å²) in [7, 11) is 1.78. The lowest BCUT2D eigenvalue weighted by atomic mass is 9.92. The van der Waals surface area contributed by atoms with Gasteiger partial charge in [-0.05, 0) is 55.7 Å². The number of aryl methyl sites for hydroxylation is 1. The molecule has 2 heterocycles. The molecule has 2 unspecified atom stereocenters. The molecule has 0 bridgehead atoms. The molecular formula is C22H22ClFN4O3. The van der Waals surface area contributed by atoms with E-state index in [2.05, 4.69) is 15.3 Å². The van der Waals surface area contributed by atoms with Crippen molar-refractivity contribution in [2.24, 2.45) is 18.9 Å². The number of amides is 1. The maximum atomic E-state index is 13.4. The molecule has 2 aliphatic rings. The van der Waals surface area contributed by atoms with Crippen molar-refractivity contribution in [3.8, 4) is 0 Å². The summed E-state index contributed by atoms with van der Waals surface area (Å²) in [5, 5.41) is 13.7. The van der Waals surface area contributed by atoms with Gasteiger partial charge in [-0.1, -0.05) is 11.6 Å². The van der Waals surface area contributed by atoms with E-state index in [0.29, 0.717) is 41.9 Å². The van der Waals surface area contributed by atoms with E-state index in [-0.39, 0.29) is 16.8 Å². The third-order valence-electron chi connectivity index (χ3n) is 6.62. The van der Waals surface area contributed by atoms with Gasteiger partial charge in [0, 0.05) is 18.7 Å². The smallest absolute Gasteiger partial charge is 0.274 e. The fourth-order valence-electron chi connectivity index (χ4n) is 5.30. The minimum atomic E-state index is -1.02. The Hall–Kier alpha value is -2.71. The average molecular weight is 445 g/mol. The molecule has 1 amide bonds. The van der Waals surface area contributed by atoms with Crippen LogP contribution >= 0.6 is 11.6 Å². The molecule has 7 nitrogen and oxygen atoms in total. The van der Waals surface area contributed by atoms with Crippen LogP contribution < -0.4 is 5.32 Å². The van der Waals surface area contributed by atoms with Gasteiger partial charge in [0.15, 0.2) is 0 Å². The lowest BCUT2D eigenvalue weighted by molar-refractivity contribution is 0.00751. The summed E-state index contributed by atoms with van der Waals surface area (Å²) >= 11 is 5.83. The maximum Gasteiger partial charge on any atom is 0.274 e. The number of benzene rings is 1. The molecule has 162 valence electrons. The second kappa shape index (κ2) is 7.46. The number of halogens is 2. The number of carbonyl (C=O) groups excluding carboxylic acids is 1. The Bertz CT molecular complexity index is 1120. The number of rotatable bonds is 4. The summed E-state index contributed by atoms with van der Waals surface area (Å²) in [6.45, 7) is 0. The van der Waals surface area contributed by atoms with Crippen LogP contribution in [-0.2, 0) is 12.6 Å². The predicted molar refractivity (Wildman–Crippen MR) is 111 cm³/mol. The molecule has 1 aromatic carbocycles. The number of anilines is 1. The first kappa shape index (κ1) is 20.2. The molecule has 31 heavy (non-hydrogen) atoms. The van der Waals surface area contributed by atoms with Gasteiger partial charge in [0.25, 0.3) is 5.91 Å². The SMILES string of the molecule is Cn1cnc(C2CC3CC(O)(c4ncco4)CC3C2)c1C(=O)Nc1ccc(F)c(Cl)c1. The van der Waals surface area contributed by atoms with Crippen LogP contribution in [-0.4, -0.2) is 25.5 Å². The van der Waals surface area contributed by atoms with E-state index < -0.39 is 11.4 Å². The third-order valence-corrected chi connectivity index (χ3v) is 6.91. The summed E-state index contributed by atoms with van der Waals surface area (Å²) in [6.07, 6.45) is 7.54. The molecule has 0 saturated heterocycles. The van der Waals surface area contributed by atoms with Gasteiger partial charge in [-0.25, -0.2) is 14.4 Å². The fraction of sp³-hybridized carbons (Fsp3) is 0.409. The number of oxazole rings is 1. The van der Waals surface area contributed by atoms with Crippen LogP contribution in [0.3, 0.4) is 0 Å². The average Bonchev–Trinajstić information content (AvgIpc) is 3.47. The largest absolute Gasteiger partial charge is 0.446 e. The minimum absolute atomic E-state index is 0.0508. The number of hydrogen-bond acceptors (Lipinski definition) is 5. The molecule has 2 aromatic heterocycles. The van der Waals surface area contributed by atoms with E-state index in [9.17, 15) is 14.3 Å². The molecule has 0 radical (unpaired) electrons. The molecule has 9 heteroatoms. The first-order valence-corrected chi connectivity index (χ1v) is 10.6. The number of carbonyl (C=O) groups is 1. The zero-order valence-electron chi connectivity index (χ0n) is 16.9. The highest BCUT2D eigenvalue weighted by Crippen LogP contribution is 2.56. The van der Waals surface area contributed by atoms with Crippen LogP contribution in [0.2, 0.25) is 5.02 Å². The normalized spacial score (nSPS) is 27.4. The lowest BCUT2D eigenvalue weighted by Crippen LogP contribution is -2.23. The first-order chi connectivity index (χ1) is 14.8. The van der Waals surface area contributed by atoms with Crippen molar-refractivity contribution in [1.82, 2.24) is 14.5 Å². The van der Waals surface area contributed by atoms with Crippen molar-refractivity contribution >= 4 is 23.2 Å². The minimum Gasteiger partial charge on any atom is -0.446 e. The van der Waals surface area contributed by atoms with Crippen molar-refractivity contribution in [1.29, 1.82) is 0 Å². The number of aliphatic hydroxyl groups is 1. The molecule has 2 N–H and O–H groups in total. The Morgan fingerprint density at radius 3 is 2.71 bits per heavy atom. The van der Waals surface area contributed by atoms with E-state index >= 15 is 0 Å². The van der Waals surface area contributed by atoms with Gasteiger partial charge in [-0.15, -0.1) is 0 Å². The molecule has 0 aliphatic heterocycles. The van der Waals surface area contributed by atoms with E-state index in [0.717, 1.165) is 18.5 Å². The zero-order chi connectivity index (χ0) is 21.8. The summed E-state index contributed by atoms with van der Waals surface area (Å²) in [4.78, 5) is 21.7. The third kappa shape index (κ3) is 3.53. The number of fused-ring (bicyclic) bond motifs is 1. The van der Waals surface area contributed by atoms with E-state index in [1.54, 1.807) is 24.1 Å². The van der Waals surface area contributed by atoms with Gasteiger partial charge >= 0.3 is 0 Å². The second-order valence-electron chi connectivity index (χ2n) is 8.64. The van der Waals surface area contributed by atoms with Crippen LogP contribution in [0.5, 0.6) is 0 Å². The Labute approximate surface area is 183 Å². The monoisotopic (exact) mass is 444 g/mol. The van der Waals surface area contributed by atoms with Gasteiger partial charge in [-0.2, -0.15) is 0 Å². The van der Waals surface area contributed by atoms with Crippen LogP contribution in [0.15, 0.2) is 41.4 Å². The predicted octanol–water partition coefficient (Wildman–Crippen LogP) is 4.24. The number of nitrogens with one attached hydrogen (secondary N) is 1. The van der Waals surface area contributed by atoms with Gasteiger partial charge in [0.2, 0.25) is 5.89 Å². The van der Waals surface area contributed by atoms with Crippen molar-refractivity contribution in [3.05, 3.63) is 65.1 Å². The fourth-order valence-corrected chi connectivity index (χ4v) is 5.48. The molecular weight excluding hydrogens is 423 g/mol. The van der Waals surface area contributed by atoms with Crippen LogP contribution in [0.4, 0.5) is 10.1 Å². The Morgan fingerprint density at radius 2 is 2.06 bits per heavy atom. The van der Waals surface area contributed by atoms with Crippen molar-refractivity contribution in [2.45, 2.75) is 37.2 Å². The zero-order valence-corrected chi connectivity index (χ0v) is 17.6. The Morgan fingerprint density at radius 1 is 1.32 bits per heavy atom.